The van der Waals surface area contributed by atoms with Gasteiger partial charge in [-0.25, -0.2) is 0 Å². The van der Waals surface area contributed by atoms with E-state index >= 15 is 0 Å². The molecule has 0 saturated carbocycles. The van der Waals surface area contributed by atoms with Gasteiger partial charge >= 0.3 is 0 Å². The molecule has 0 fully saturated rings. The monoisotopic (exact) mass is 426 g/mol. The van der Waals surface area contributed by atoms with Gasteiger partial charge in [-0.2, -0.15) is 0 Å². The second-order valence-corrected chi connectivity index (χ2v) is 14.0. The molecule has 0 aliphatic rings. The molecule has 0 spiro atoms. The van der Waals surface area contributed by atoms with Crippen molar-refractivity contribution < 1.29 is 0 Å². The van der Waals surface area contributed by atoms with Crippen molar-refractivity contribution in [2.75, 3.05) is 26.6 Å². The molecule has 0 bridgehead atoms. The Hall–Kier alpha value is -0.160. The topological polar surface area (TPSA) is 13.0 Å². The fourth-order valence-electron chi connectivity index (χ4n) is 3.84. The van der Waals surface area contributed by atoms with Crippen LogP contribution in [0, 0.1) is 0 Å². The summed E-state index contributed by atoms with van der Waals surface area (Å²) in [5, 5.41) is 0. The lowest BCUT2D eigenvalue weighted by molar-refractivity contribution is -0.0901. The number of rotatable bonds is 8. The van der Waals surface area contributed by atoms with Gasteiger partial charge in [0.1, 0.15) is 0 Å². The first-order valence-electron chi connectivity index (χ1n) is 12.0. The molecule has 0 aromatic heterocycles. The first-order valence-corrected chi connectivity index (χ1v) is 12.0. The van der Waals surface area contributed by atoms with E-state index in [0.717, 1.165) is 26.6 Å². The summed E-state index contributed by atoms with van der Waals surface area (Å²) in [6.07, 6.45) is 1.18. The molecule has 0 aliphatic heterocycles. The summed E-state index contributed by atoms with van der Waals surface area (Å²) in [5.41, 5.74) is 0.543. The average molecular weight is 427 g/mol. The zero-order valence-electron chi connectivity index (χ0n) is 23.8. The van der Waals surface area contributed by atoms with Crippen LogP contribution in [0.5, 0.6) is 0 Å². The molecular formula is C26H58N4. The maximum absolute atomic E-state index is 2.66. The van der Waals surface area contributed by atoms with Crippen LogP contribution in [-0.2, 0) is 0 Å². The third kappa shape index (κ3) is 9.97. The highest BCUT2D eigenvalue weighted by molar-refractivity contribution is 4.90. The van der Waals surface area contributed by atoms with E-state index in [9.17, 15) is 0 Å². The predicted octanol–water partition coefficient (Wildman–Crippen LogP) is 6.47. The minimum absolute atomic E-state index is 0.0789. The molecule has 0 amide bonds. The Bertz CT molecular complexity index is 478. The van der Waals surface area contributed by atoms with Crippen LogP contribution in [0.3, 0.4) is 0 Å². The van der Waals surface area contributed by atoms with Gasteiger partial charge in [0.2, 0.25) is 0 Å². The molecule has 0 aromatic carbocycles. The van der Waals surface area contributed by atoms with Crippen molar-refractivity contribution in [3.63, 3.8) is 0 Å². The quantitative estimate of drug-likeness (QED) is 0.412. The summed E-state index contributed by atoms with van der Waals surface area (Å²) >= 11 is 0. The molecule has 182 valence electrons. The highest BCUT2D eigenvalue weighted by Crippen LogP contribution is 2.29. The van der Waals surface area contributed by atoms with Gasteiger partial charge in [0.15, 0.2) is 0 Å². The van der Waals surface area contributed by atoms with E-state index in [1.165, 1.54) is 6.42 Å². The average Bonchev–Trinajstić information content (AvgIpc) is 2.42. The first kappa shape index (κ1) is 29.8. The Kier molecular flexibility index (Phi) is 10.1. The van der Waals surface area contributed by atoms with E-state index in [1.54, 1.807) is 0 Å². The Balaban J connectivity index is 5.96. The number of nitrogens with zero attached hydrogens (tertiary/aromatic N) is 4. The van der Waals surface area contributed by atoms with Crippen molar-refractivity contribution in [3.8, 4) is 0 Å². The normalized spacial score (nSPS) is 15.2. The van der Waals surface area contributed by atoms with Crippen LogP contribution >= 0.6 is 0 Å². The Labute approximate surface area is 191 Å². The lowest BCUT2D eigenvalue weighted by Gasteiger charge is -2.53. The second kappa shape index (κ2) is 10.2. The number of hydrogen-bond donors (Lipinski definition) is 0. The summed E-state index contributed by atoms with van der Waals surface area (Å²) in [7, 11) is 0. The molecule has 0 saturated heterocycles. The lowest BCUT2D eigenvalue weighted by Crippen LogP contribution is -2.63. The van der Waals surface area contributed by atoms with Gasteiger partial charge in [0, 0.05) is 27.7 Å². The summed E-state index contributed by atoms with van der Waals surface area (Å²) in [6.45, 7) is 41.4. The van der Waals surface area contributed by atoms with Gasteiger partial charge in [-0.05, 0) is 117 Å². The Morgan fingerprint density at radius 1 is 0.400 bits per heavy atom. The molecule has 0 radical (unpaired) electrons. The summed E-state index contributed by atoms with van der Waals surface area (Å²) in [4.78, 5) is 10.6. The molecule has 0 aliphatic carbocycles. The zero-order valence-corrected chi connectivity index (χ0v) is 23.8. The highest BCUT2D eigenvalue weighted by atomic mass is 15.5. The van der Waals surface area contributed by atoms with Crippen LogP contribution in [0.25, 0.3) is 0 Å². The largest absolute Gasteiger partial charge is 0.286 e. The third-order valence-electron chi connectivity index (χ3n) is 5.95. The molecule has 0 rings (SSSR count). The standard InChI is InChI=1S/C26H58N4/c1-17-18-27(22(2,3)4)19-28(23(5,6)7)20-29(24(8,9)10)21-30(25(11,12)13)26(14,15)16/h17-21H2,1-16H3. The van der Waals surface area contributed by atoms with Crippen LogP contribution in [0.15, 0.2) is 0 Å². The highest BCUT2D eigenvalue weighted by Gasteiger charge is 2.37. The molecule has 0 atom stereocenters. The van der Waals surface area contributed by atoms with Crippen LogP contribution in [0.4, 0.5) is 0 Å². The fraction of sp³-hybridized carbons (Fsp3) is 1.00. The van der Waals surface area contributed by atoms with Gasteiger partial charge in [-0.3, -0.25) is 19.6 Å². The van der Waals surface area contributed by atoms with Crippen molar-refractivity contribution in [1.29, 1.82) is 0 Å². The maximum Gasteiger partial charge on any atom is 0.0540 e. The fourth-order valence-corrected chi connectivity index (χ4v) is 3.84. The smallest absolute Gasteiger partial charge is 0.0540 e. The maximum atomic E-state index is 2.66. The van der Waals surface area contributed by atoms with Gasteiger partial charge in [-0.15, -0.1) is 0 Å². The molecule has 0 unspecified atom stereocenters. The summed E-state index contributed by atoms with van der Waals surface area (Å²) in [5.74, 6) is 0. The Morgan fingerprint density at radius 2 is 0.700 bits per heavy atom. The van der Waals surface area contributed by atoms with E-state index in [-0.39, 0.29) is 27.7 Å². The van der Waals surface area contributed by atoms with E-state index in [4.69, 9.17) is 0 Å². The lowest BCUT2D eigenvalue weighted by atomic mass is 9.96. The van der Waals surface area contributed by atoms with E-state index in [1.807, 2.05) is 0 Å². The predicted molar refractivity (Wildman–Crippen MR) is 136 cm³/mol. The van der Waals surface area contributed by atoms with Crippen LogP contribution in [0.1, 0.15) is 117 Å². The SMILES string of the molecule is CCCN(CN(CN(CN(C(C)(C)C)C(C)(C)C)C(C)(C)C)C(C)(C)C)C(C)(C)C. The van der Waals surface area contributed by atoms with Crippen molar-refractivity contribution in [2.45, 2.75) is 145 Å². The minimum atomic E-state index is 0.0789. The molecule has 0 N–H and O–H groups in total. The third-order valence-corrected chi connectivity index (χ3v) is 5.95. The van der Waals surface area contributed by atoms with Gasteiger partial charge in [0.05, 0.1) is 20.0 Å². The van der Waals surface area contributed by atoms with Crippen LogP contribution in [0.2, 0.25) is 0 Å². The van der Waals surface area contributed by atoms with Crippen LogP contribution < -0.4 is 0 Å². The molecular weight excluding hydrogens is 368 g/mol. The second-order valence-electron chi connectivity index (χ2n) is 14.0. The van der Waals surface area contributed by atoms with Crippen molar-refractivity contribution >= 4 is 0 Å². The van der Waals surface area contributed by atoms with Crippen molar-refractivity contribution in [1.82, 2.24) is 19.6 Å². The van der Waals surface area contributed by atoms with Crippen molar-refractivity contribution in [3.05, 3.63) is 0 Å². The van der Waals surface area contributed by atoms with Gasteiger partial charge < -0.3 is 0 Å². The Morgan fingerprint density at radius 3 is 0.967 bits per heavy atom. The number of hydrogen-bond acceptors (Lipinski definition) is 4. The minimum Gasteiger partial charge on any atom is -0.286 e. The molecule has 30 heavy (non-hydrogen) atoms. The van der Waals surface area contributed by atoms with Gasteiger partial charge in [-0.1, -0.05) is 6.92 Å². The summed E-state index contributed by atoms with van der Waals surface area (Å²) in [6, 6.07) is 0. The van der Waals surface area contributed by atoms with E-state index < -0.39 is 0 Å². The van der Waals surface area contributed by atoms with E-state index in [0.29, 0.717) is 0 Å². The van der Waals surface area contributed by atoms with Gasteiger partial charge in [0.25, 0.3) is 0 Å². The van der Waals surface area contributed by atoms with Crippen LogP contribution in [-0.4, -0.2) is 73.8 Å². The molecule has 4 heteroatoms. The van der Waals surface area contributed by atoms with E-state index in [2.05, 4.69) is 130 Å². The molecule has 0 heterocycles. The zero-order chi connectivity index (χ0) is 24.3. The summed E-state index contributed by atoms with van der Waals surface area (Å²) < 4.78 is 0. The molecule has 4 nitrogen and oxygen atoms in total. The van der Waals surface area contributed by atoms with Crippen molar-refractivity contribution in [2.24, 2.45) is 0 Å². The first-order chi connectivity index (χ1) is 13.0. The molecule has 0 aromatic rings.